The first kappa shape index (κ1) is 24.5. The van der Waals surface area contributed by atoms with Crippen molar-refractivity contribution in [3.8, 4) is 0 Å². The van der Waals surface area contributed by atoms with Crippen molar-refractivity contribution in [1.82, 2.24) is 5.32 Å². The first-order chi connectivity index (χ1) is 14.5. The molecule has 168 valence electrons. The summed E-state index contributed by atoms with van der Waals surface area (Å²) in [6, 6.07) is 0. The lowest BCUT2D eigenvalue weighted by atomic mass is 9.92. The molecule has 31 heavy (non-hydrogen) atoms. The highest BCUT2D eigenvalue weighted by molar-refractivity contribution is 6.21. The second-order valence-corrected chi connectivity index (χ2v) is 7.64. The minimum atomic E-state index is -1.74. The predicted octanol–water partition coefficient (Wildman–Crippen LogP) is 1.41. The minimum absolute atomic E-state index is 0.122. The molecule has 8 heteroatoms. The molecule has 0 bridgehead atoms. The maximum atomic E-state index is 12.8. The number of hydrogen-bond acceptors (Lipinski definition) is 7. The highest BCUT2D eigenvalue weighted by Gasteiger charge is 2.80. The molecule has 3 N–H and O–H groups in total. The third kappa shape index (κ3) is 4.92. The second kappa shape index (κ2) is 9.55. The summed E-state index contributed by atoms with van der Waals surface area (Å²) in [5.74, 6) is -1.64. The van der Waals surface area contributed by atoms with Gasteiger partial charge in [0.2, 0.25) is 11.4 Å². The van der Waals surface area contributed by atoms with Crippen molar-refractivity contribution < 1.29 is 34.1 Å². The number of esters is 1. The number of hydrogen-bond donors (Lipinski definition) is 3. The van der Waals surface area contributed by atoms with Gasteiger partial charge in [0.05, 0.1) is 12.7 Å². The summed E-state index contributed by atoms with van der Waals surface area (Å²) in [4.78, 5) is 36.7. The van der Waals surface area contributed by atoms with Gasteiger partial charge in [-0.1, -0.05) is 41.5 Å². The van der Waals surface area contributed by atoms with Gasteiger partial charge in [0.15, 0.2) is 11.8 Å². The number of fused-ring (bicyclic) bond motifs is 1. The third-order valence-electron chi connectivity index (χ3n) is 5.18. The SMILES string of the molecule is C\C=C(/C=C(C)/C=C(C)/C=C/C=C(\C)C(=O)[C@]12O[C@H]1[C@@](O)(CCO)NC2=O)C(=O)OC. The van der Waals surface area contributed by atoms with Crippen LogP contribution in [-0.2, 0) is 23.9 Å². The Morgan fingerprint density at radius 1 is 1.23 bits per heavy atom. The standard InChI is InChI=1S/C23H29NO7/c1-6-17(19(27)30-5)13-15(3)12-14(2)8-7-9-16(4)18(26)23-20(31-23)22(29,10-11-25)24-21(23)28/h6-9,12-13,20,25,29H,10-11H2,1-5H3,(H,24,28)/b8-7+,14-12+,15-13+,16-9+,17-6+/t20-,22-,23-/m0/s1. The number of aliphatic hydroxyl groups excluding tert-OH is 1. The van der Waals surface area contributed by atoms with E-state index in [-0.39, 0.29) is 13.0 Å². The lowest BCUT2D eigenvalue weighted by Crippen LogP contribution is -2.48. The molecule has 2 aliphatic rings. The molecule has 0 aromatic rings. The molecule has 0 aromatic carbocycles. The van der Waals surface area contributed by atoms with Crippen molar-refractivity contribution in [2.24, 2.45) is 0 Å². The van der Waals surface area contributed by atoms with Crippen molar-refractivity contribution in [3.05, 3.63) is 58.7 Å². The zero-order chi connectivity index (χ0) is 23.4. The molecule has 2 fully saturated rings. The number of carbonyl (C=O) groups is 3. The van der Waals surface area contributed by atoms with Crippen molar-refractivity contribution in [2.75, 3.05) is 13.7 Å². The topological polar surface area (TPSA) is 125 Å². The van der Waals surface area contributed by atoms with Crippen LogP contribution in [0.4, 0.5) is 0 Å². The van der Waals surface area contributed by atoms with Crippen LogP contribution >= 0.6 is 0 Å². The molecule has 0 aromatic heterocycles. The van der Waals surface area contributed by atoms with Crippen molar-refractivity contribution in [1.29, 1.82) is 0 Å². The maximum Gasteiger partial charge on any atom is 0.337 e. The molecule has 2 aliphatic heterocycles. The Hall–Kier alpha value is -2.81. The Balaban J connectivity index is 2.08. The average molecular weight is 431 g/mol. The number of nitrogens with one attached hydrogen (secondary N) is 1. The highest BCUT2D eigenvalue weighted by Crippen LogP contribution is 2.50. The largest absolute Gasteiger partial charge is 0.465 e. The van der Waals surface area contributed by atoms with E-state index in [2.05, 4.69) is 5.32 Å². The van der Waals surface area contributed by atoms with Crippen molar-refractivity contribution in [2.45, 2.75) is 51.5 Å². The van der Waals surface area contributed by atoms with Gasteiger partial charge >= 0.3 is 5.97 Å². The molecule has 1 amide bonds. The lowest BCUT2D eigenvalue weighted by Gasteiger charge is -2.22. The number of methoxy groups -OCH3 is 1. The number of carbonyl (C=O) groups excluding carboxylic acids is 3. The Labute approximate surface area is 181 Å². The maximum absolute atomic E-state index is 12.8. The summed E-state index contributed by atoms with van der Waals surface area (Å²) in [6.07, 6.45) is 9.13. The summed E-state index contributed by atoms with van der Waals surface area (Å²) >= 11 is 0. The van der Waals surface area contributed by atoms with Crippen LogP contribution < -0.4 is 5.32 Å². The van der Waals surface area contributed by atoms with Gasteiger partial charge in [-0.2, -0.15) is 0 Å². The lowest BCUT2D eigenvalue weighted by molar-refractivity contribution is -0.138. The van der Waals surface area contributed by atoms with E-state index in [0.29, 0.717) is 11.1 Å². The smallest absolute Gasteiger partial charge is 0.337 e. The van der Waals surface area contributed by atoms with E-state index in [9.17, 15) is 19.5 Å². The van der Waals surface area contributed by atoms with Crippen LogP contribution in [0.2, 0.25) is 0 Å². The molecule has 0 aliphatic carbocycles. The quantitative estimate of drug-likeness (QED) is 0.166. The van der Waals surface area contributed by atoms with E-state index in [1.807, 2.05) is 19.9 Å². The Bertz CT molecular complexity index is 924. The fraction of sp³-hybridized carbons (Fsp3) is 0.435. The molecule has 2 heterocycles. The van der Waals surface area contributed by atoms with E-state index in [4.69, 9.17) is 14.6 Å². The molecule has 3 atom stereocenters. The van der Waals surface area contributed by atoms with Gasteiger partial charge in [-0.15, -0.1) is 0 Å². The van der Waals surface area contributed by atoms with E-state index in [0.717, 1.165) is 11.1 Å². The summed E-state index contributed by atoms with van der Waals surface area (Å²) < 4.78 is 10.0. The summed E-state index contributed by atoms with van der Waals surface area (Å²) in [5.41, 5.74) is -1.000. The van der Waals surface area contributed by atoms with Crippen LogP contribution in [0.15, 0.2) is 58.7 Å². The highest BCUT2D eigenvalue weighted by atomic mass is 16.6. The molecular formula is C23H29NO7. The summed E-state index contributed by atoms with van der Waals surface area (Å²) in [7, 11) is 1.33. The van der Waals surface area contributed by atoms with Crippen molar-refractivity contribution >= 4 is 17.7 Å². The summed E-state index contributed by atoms with van der Waals surface area (Å²) in [6.45, 7) is 6.68. The summed E-state index contributed by atoms with van der Waals surface area (Å²) in [5, 5.41) is 21.8. The number of allylic oxidation sites excluding steroid dienone is 7. The van der Waals surface area contributed by atoms with Crippen LogP contribution in [0.3, 0.4) is 0 Å². The average Bonchev–Trinajstić information content (AvgIpc) is 3.44. The minimum Gasteiger partial charge on any atom is -0.465 e. The van der Waals surface area contributed by atoms with E-state index in [1.54, 1.807) is 44.2 Å². The molecule has 8 nitrogen and oxygen atoms in total. The van der Waals surface area contributed by atoms with Crippen LogP contribution in [0.5, 0.6) is 0 Å². The van der Waals surface area contributed by atoms with Crippen LogP contribution in [0, 0.1) is 0 Å². The monoisotopic (exact) mass is 431 g/mol. The van der Waals surface area contributed by atoms with Gasteiger partial charge in [0, 0.05) is 13.0 Å². The number of ketones is 1. The van der Waals surface area contributed by atoms with E-state index < -0.39 is 35.1 Å². The van der Waals surface area contributed by atoms with E-state index >= 15 is 0 Å². The first-order valence-electron chi connectivity index (χ1n) is 9.90. The van der Waals surface area contributed by atoms with Gasteiger partial charge in [0.25, 0.3) is 5.91 Å². The number of Topliss-reactive ketones (excluding diaryl/α,β-unsaturated/α-hetero) is 1. The number of rotatable bonds is 9. The van der Waals surface area contributed by atoms with Gasteiger partial charge < -0.3 is 25.0 Å². The Kier molecular flexibility index (Phi) is 7.54. The molecule has 2 rings (SSSR count). The van der Waals surface area contributed by atoms with E-state index in [1.165, 1.54) is 7.11 Å². The first-order valence-corrected chi connectivity index (χ1v) is 9.90. The zero-order valence-electron chi connectivity index (χ0n) is 18.4. The van der Waals surface area contributed by atoms with Gasteiger partial charge in [0.1, 0.15) is 0 Å². The molecule has 2 saturated heterocycles. The number of aliphatic hydroxyl groups is 2. The zero-order valence-corrected chi connectivity index (χ0v) is 18.4. The molecular weight excluding hydrogens is 402 g/mol. The molecule has 0 unspecified atom stereocenters. The fourth-order valence-corrected chi connectivity index (χ4v) is 3.54. The van der Waals surface area contributed by atoms with Gasteiger partial charge in [-0.3, -0.25) is 9.59 Å². The number of ether oxygens (including phenoxy) is 2. The van der Waals surface area contributed by atoms with Crippen LogP contribution in [0.1, 0.15) is 34.1 Å². The molecule has 0 radical (unpaired) electrons. The second-order valence-electron chi connectivity index (χ2n) is 7.64. The Morgan fingerprint density at radius 3 is 2.45 bits per heavy atom. The fourth-order valence-electron chi connectivity index (χ4n) is 3.54. The van der Waals surface area contributed by atoms with Crippen LogP contribution in [-0.4, -0.2) is 59.0 Å². The van der Waals surface area contributed by atoms with Gasteiger partial charge in [-0.25, -0.2) is 4.79 Å². The molecule has 0 spiro atoms. The third-order valence-corrected chi connectivity index (χ3v) is 5.18. The Morgan fingerprint density at radius 2 is 1.90 bits per heavy atom. The van der Waals surface area contributed by atoms with Crippen LogP contribution in [0.25, 0.3) is 0 Å². The normalized spacial score (nSPS) is 29.1. The number of epoxide rings is 1. The van der Waals surface area contributed by atoms with Crippen molar-refractivity contribution in [3.63, 3.8) is 0 Å². The number of morpholine rings is 1. The molecule has 0 saturated carbocycles. The number of amides is 1. The van der Waals surface area contributed by atoms with Gasteiger partial charge in [-0.05, 0) is 39.3 Å². The predicted molar refractivity (Wildman–Crippen MR) is 114 cm³/mol.